The van der Waals surface area contributed by atoms with Crippen LogP contribution in [-0.4, -0.2) is 16.5 Å². The highest BCUT2D eigenvalue weighted by Gasteiger charge is 2.02. The van der Waals surface area contributed by atoms with Gasteiger partial charge in [0.15, 0.2) is 0 Å². The first-order valence-corrected chi connectivity index (χ1v) is 4.97. The molecule has 15 heavy (non-hydrogen) atoms. The van der Waals surface area contributed by atoms with Gasteiger partial charge in [-0.15, -0.1) is 0 Å². The van der Waals surface area contributed by atoms with Crippen LogP contribution in [0.4, 0.5) is 5.95 Å². The number of imidazole rings is 1. The summed E-state index contributed by atoms with van der Waals surface area (Å²) in [5, 5.41) is 11.9. The third-order valence-electron chi connectivity index (χ3n) is 2.15. The van der Waals surface area contributed by atoms with Crippen molar-refractivity contribution in [3.05, 3.63) is 23.8 Å². The molecule has 1 aromatic heterocycles. The zero-order chi connectivity index (χ0) is 10.7. The largest absolute Gasteiger partial charge is 0.356 e. The molecule has 0 bridgehead atoms. The van der Waals surface area contributed by atoms with E-state index in [1.54, 1.807) is 12.1 Å². The van der Waals surface area contributed by atoms with Gasteiger partial charge in [0.1, 0.15) is 0 Å². The van der Waals surface area contributed by atoms with Crippen LogP contribution in [0.25, 0.3) is 11.0 Å². The smallest absolute Gasteiger partial charge is 0.201 e. The van der Waals surface area contributed by atoms with Crippen LogP contribution in [0.15, 0.2) is 18.2 Å². The highest BCUT2D eigenvalue weighted by atomic mass is 15.1. The van der Waals surface area contributed by atoms with E-state index in [0.717, 1.165) is 29.9 Å². The maximum absolute atomic E-state index is 8.75. The van der Waals surface area contributed by atoms with E-state index >= 15 is 0 Å². The summed E-state index contributed by atoms with van der Waals surface area (Å²) in [7, 11) is 0. The molecule has 4 nitrogen and oxygen atoms in total. The van der Waals surface area contributed by atoms with Gasteiger partial charge in [-0.2, -0.15) is 5.26 Å². The molecule has 2 N–H and O–H groups in total. The van der Waals surface area contributed by atoms with Gasteiger partial charge in [-0.3, -0.25) is 0 Å². The fourth-order valence-corrected chi connectivity index (χ4v) is 1.41. The van der Waals surface area contributed by atoms with E-state index in [4.69, 9.17) is 5.26 Å². The van der Waals surface area contributed by atoms with Crippen LogP contribution in [0.5, 0.6) is 0 Å². The fourth-order valence-electron chi connectivity index (χ4n) is 1.41. The zero-order valence-electron chi connectivity index (χ0n) is 8.54. The van der Waals surface area contributed by atoms with Crippen molar-refractivity contribution >= 4 is 17.0 Å². The maximum Gasteiger partial charge on any atom is 0.201 e. The monoisotopic (exact) mass is 200 g/mol. The van der Waals surface area contributed by atoms with Crippen LogP contribution >= 0.6 is 0 Å². The number of aromatic nitrogens is 2. The Kier molecular flexibility index (Phi) is 2.55. The van der Waals surface area contributed by atoms with Gasteiger partial charge < -0.3 is 10.3 Å². The number of rotatable bonds is 3. The molecular formula is C11H12N4. The summed E-state index contributed by atoms with van der Waals surface area (Å²) in [5.41, 5.74) is 2.42. The average molecular weight is 200 g/mol. The van der Waals surface area contributed by atoms with E-state index < -0.39 is 0 Å². The molecule has 76 valence electrons. The molecule has 2 aromatic rings. The maximum atomic E-state index is 8.75. The zero-order valence-corrected chi connectivity index (χ0v) is 8.54. The van der Waals surface area contributed by atoms with E-state index in [2.05, 4.69) is 28.3 Å². The molecule has 0 saturated heterocycles. The molecule has 1 heterocycles. The average Bonchev–Trinajstić information content (AvgIpc) is 2.67. The van der Waals surface area contributed by atoms with Crippen molar-refractivity contribution in [2.24, 2.45) is 0 Å². The predicted octanol–water partition coefficient (Wildman–Crippen LogP) is 2.26. The van der Waals surface area contributed by atoms with Crippen LogP contribution in [0, 0.1) is 11.3 Å². The highest BCUT2D eigenvalue weighted by Crippen LogP contribution is 2.15. The minimum absolute atomic E-state index is 0.646. The number of hydrogen-bond donors (Lipinski definition) is 2. The van der Waals surface area contributed by atoms with Gasteiger partial charge in [0.2, 0.25) is 5.95 Å². The second-order valence-corrected chi connectivity index (χ2v) is 3.36. The van der Waals surface area contributed by atoms with E-state index in [-0.39, 0.29) is 0 Å². The molecule has 0 fully saturated rings. The van der Waals surface area contributed by atoms with Gasteiger partial charge in [0, 0.05) is 6.54 Å². The lowest BCUT2D eigenvalue weighted by Gasteiger charge is -1.96. The first kappa shape index (κ1) is 9.53. The Labute approximate surface area is 87.9 Å². The van der Waals surface area contributed by atoms with Crippen molar-refractivity contribution in [3.8, 4) is 6.07 Å². The van der Waals surface area contributed by atoms with Gasteiger partial charge in [-0.25, -0.2) is 4.98 Å². The third kappa shape index (κ3) is 1.91. The van der Waals surface area contributed by atoms with Crippen molar-refractivity contribution < 1.29 is 0 Å². The molecule has 0 aliphatic heterocycles. The van der Waals surface area contributed by atoms with Gasteiger partial charge in [0.05, 0.1) is 22.7 Å². The van der Waals surface area contributed by atoms with Gasteiger partial charge in [-0.1, -0.05) is 6.92 Å². The number of nitriles is 1. The fraction of sp³-hybridized carbons (Fsp3) is 0.273. The molecule has 0 saturated carbocycles. The van der Waals surface area contributed by atoms with E-state index in [9.17, 15) is 0 Å². The first-order chi connectivity index (χ1) is 7.33. The Bertz CT molecular complexity index is 507. The van der Waals surface area contributed by atoms with Crippen molar-refractivity contribution in [1.29, 1.82) is 5.26 Å². The van der Waals surface area contributed by atoms with Crippen molar-refractivity contribution in [2.45, 2.75) is 13.3 Å². The number of anilines is 1. The Morgan fingerprint density at radius 3 is 3.13 bits per heavy atom. The molecule has 2 rings (SSSR count). The van der Waals surface area contributed by atoms with Crippen LogP contribution in [-0.2, 0) is 0 Å². The third-order valence-corrected chi connectivity index (χ3v) is 2.15. The van der Waals surface area contributed by atoms with Gasteiger partial charge in [-0.05, 0) is 24.6 Å². The van der Waals surface area contributed by atoms with Gasteiger partial charge >= 0.3 is 0 Å². The number of H-pyrrole nitrogens is 1. The Morgan fingerprint density at radius 1 is 1.53 bits per heavy atom. The number of hydrogen-bond acceptors (Lipinski definition) is 3. The van der Waals surface area contributed by atoms with Crippen molar-refractivity contribution in [2.75, 3.05) is 11.9 Å². The molecule has 0 aliphatic carbocycles. The van der Waals surface area contributed by atoms with Crippen LogP contribution in [0.3, 0.4) is 0 Å². The summed E-state index contributed by atoms with van der Waals surface area (Å²) < 4.78 is 0. The molecule has 0 atom stereocenters. The van der Waals surface area contributed by atoms with Crippen molar-refractivity contribution in [1.82, 2.24) is 9.97 Å². The normalized spacial score (nSPS) is 10.1. The summed E-state index contributed by atoms with van der Waals surface area (Å²) in [5.74, 6) is 0.766. The van der Waals surface area contributed by atoms with Crippen LogP contribution in [0.2, 0.25) is 0 Å². The molecule has 4 heteroatoms. The number of benzene rings is 1. The Hall–Kier alpha value is -2.02. The SMILES string of the molecule is CCCNc1nc2ccc(C#N)cc2[nH]1. The van der Waals surface area contributed by atoms with Crippen molar-refractivity contribution in [3.63, 3.8) is 0 Å². The Balaban J connectivity index is 2.34. The van der Waals surface area contributed by atoms with Gasteiger partial charge in [0.25, 0.3) is 0 Å². The number of nitrogens with zero attached hydrogens (tertiary/aromatic N) is 2. The first-order valence-electron chi connectivity index (χ1n) is 4.97. The minimum atomic E-state index is 0.646. The predicted molar refractivity (Wildman–Crippen MR) is 59.6 cm³/mol. The molecule has 0 amide bonds. The highest BCUT2D eigenvalue weighted by molar-refractivity contribution is 5.78. The molecule has 0 radical (unpaired) electrons. The lowest BCUT2D eigenvalue weighted by Crippen LogP contribution is -2.00. The second kappa shape index (κ2) is 4.01. The van der Waals surface area contributed by atoms with E-state index in [0.29, 0.717) is 5.56 Å². The minimum Gasteiger partial charge on any atom is -0.356 e. The van der Waals surface area contributed by atoms with Crippen LogP contribution in [0.1, 0.15) is 18.9 Å². The lowest BCUT2D eigenvalue weighted by molar-refractivity contribution is 0.964. The number of fused-ring (bicyclic) bond motifs is 1. The number of aromatic amines is 1. The summed E-state index contributed by atoms with van der Waals surface area (Å²) in [6.45, 7) is 2.99. The quantitative estimate of drug-likeness (QED) is 0.798. The molecule has 0 unspecified atom stereocenters. The molecule has 0 spiro atoms. The summed E-state index contributed by atoms with van der Waals surface area (Å²) >= 11 is 0. The second-order valence-electron chi connectivity index (χ2n) is 3.36. The molecular weight excluding hydrogens is 188 g/mol. The van der Waals surface area contributed by atoms with Crippen LogP contribution < -0.4 is 5.32 Å². The van der Waals surface area contributed by atoms with E-state index in [1.807, 2.05) is 6.07 Å². The molecule has 1 aromatic carbocycles. The Morgan fingerprint density at radius 2 is 2.40 bits per heavy atom. The lowest BCUT2D eigenvalue weighted by atomic mass is 10.2. The topological polar surface area (TPSA) is 64.5 Å². The summed E-state index contributed by atoms with van der Waals surface area (Å²) in [4.78, 5) is 7.48. The standard InChI is InChI=1S/C11H12N4/c1-2-5-13-11-14-9-4-3-8(7-12)6-10(9)15-11/h3-4,6H,2,5H2,1H3,(H2,13,14,15). The summed E-state index contributed by atoms with van der Waals surface area (Å²) in [6, 6.07) is 7.53. The molecule has 0 aliphatic rings. The summed E-state index contributed by atoms with van der Waals surface area (Å²) in [6.07, 6.45) is 1.06. The number of nitrogens with one attached hydrogen (secondary N) is 2. The van der Waals surface area contributed by atoms with E-state index in [1.165, 1.54) is 0 Å².